The predicted octanol–water partition coefficient (Wildman–Crippen LogP) is 3.33. The number of nitrogens with two attached hydrogens (primary N) is 1. The highest BCUT2D eigenvalue weighted by Gasteiger charge is 2.23. The van der Waals surface area contributed by atoms with Crippen LogP contribution in [0.3, 0.4) is 0 Å². The van der Waals surface area contributed by atoms with Crippen LogP contribution >= 0.6 is 0 Å². The highest BCUT2D eigenvalue weighted by atomic mass is 16.2. The molecule has 0 spiro atoms. The maximum Gasteiger partial charge on any atom is 0.259 e. The zero-order valence-electron chi connectivity index (χ0n) is 16.9. The lowest BCUT2D eigenvalue weighted by Crippen LogP contribution is -2.38. The third kappa shape index (κ3) is 4.18. The van der Waals surface area contributed by atoms with Gasteiger partial charge >= 0.3 is 0 Å². The first-order valence-corrected chi connectivity index (χ1v) is 9.96. The Bertz CT molecular complexity index is 874. The van der Waals surface area contributed by atoms with Crippen molar-refractivity contribution in [2.75, 3.05) is 16.8 Å². The van der Waals surface area contributed by atoms with E-state index in [1.54, 1.807) is 23.0 Å². The normalized spacial score (nSPS) is 16.8. The van der Waals surface area contributed by atoms with Crippen molar-refractivity contribution in [2.24, 2.45) is 5.73 Å². The van der Waals surface area contributed by atoms with Crippen molar-refractivity contribution in [1.29, 1.82) is 0 Å². The lowest BCUT2D eigenvalue weighted by atomic mass is 10.0. The third-order valence-electron chi connectivity index (χ3n) is 5.29. The Hall–Kier alpha value is -2.83. The summed E-state index contributed by atoms with van der Waals surface area (Å²) in [5.41, 5.74) is 8.59. The summed E-state index contributed by atoms with van der Waals surface area (Å²) in [6.07, 6.45) is 6.13. The van der Waals surface area contributed by atoms with E-state index in [1.165, 1.54) is 6.42 Å². The molecule has 1 aliphatic heterocycles. The zero-order chi connectivity index (χ0) is 20.3. The minimum absolute atomic E-state index is 0.229. The first-order valence-electron chi connectivity index (χ1n) is 9.96. The molecular weight excluding hydrogens is 354 g/mol. The van der Waals surface area contributed by atoms with Gasteiger partial charge in [-0.2, -0.15) is 5.10 Å². The first-order chi connectivity index (χ1) is 13.4. The molecule has 1 aromatic carbocycles. The van der Waals surface area contributed by atoms with Gasteiger partial charge in [-0.15, -0.1) is 0 Å². The summed E-state index contributed by atoms with van der Waals surface area (Å²) in [6, 6.07) is 5.64. The molecule has 2 amide bonds. The second kappa shape index (κ2) is 8.46. The highest BCUT2D eigenvalue weighted by Crippen LogP contribution is 2.32. The van der Waals surface area contributed by atoms with Crippen molar-refractivity contribution in [3.05, 3.63) is 41.2 Å². The fourth-order valence-electron chi connectivity index (χ4n) is 3.77. The van der Waals surface area contributed by atoms with E-state index in [4.69, 9.17) is 5.73 Å². The van der Waals surface area contributed by atoms with Gasteiger partial charge in [-0.3, -0.25) is 14.3 Å². The number of anilines is 2. The highest BCUT2D eigenvalue weighted by molar-refractivity contribution is 6.07. The summed E-state index contributed by atoms with van der Waals surface area (Å²) < 4.78 is 1.79. The number of nitrogens with zero attached hydrogens (tertiary/aromatic N) is 3. The van der Waals surface area contributed by atoms with E-state index >= 15 is 0 Å². The number of hydrogen-bond donors (Lipinski definition) is 2. The largest absolute Gasteiger partial charge is 0.367 e. The summed E-state index contributed by atoms with van der Waals surface area (Å²) in [5.74, 6) is -0.743. The molecule has 7 nitrogen and oxygen atoms in total. The first kappa shape index (κ1) is 19.9. The molecule has 1 atom stereocenters. The number of primary amides is 1. The number of piperidine rings is 1. The number of aromatic nitrogens is 2. The number of aryl methyl sites for hydroxylation is 2. The molecule has 1 aliphatic rings. The Kier molecular flexibility index (Phi) is 6.02. The van der Waals surface area contributed by atoms with Gasteiger partial charge in [0, 0.05) is 30.9 Å². The van der Waals surface area contributed by atoms with Crippen LogP contribution in [-0.4, -0.2) is 34.2 Å². The van der Waals surface area contributed by atoms with E-state index in [-0.39, 0.29) is 5.91 Å². The lowest BCUT2D eigenvalue weighted by molar-refractivity contribution is 0.0996. The number of rotatable bonds is 6. The molecule has 1 fully saturated rings. The van der Waals surface area contributed by atoms with Gasteiger partial charge in [-0.1, -0.05) is 6.92 Å². The fourth-order valence-corrected chi connectivity index (χ4v) is 3.77. The van der Waals surface area contributed by atoms with Gasteiger partial charge in [0.2, 0.25) is 5.91 Å². The summed E-state index contributed by atoms with van der Waals surface area (Å²) >= 11 is 0. The number of benzene rings is 1. The number of carbonyl (C=O) groups is 2. The van der Waals surface area contributed by atoms with Gasteiger partial charge < -0.3 is 16.0 Å². The monoisotopic (exact) mass is 383 g/mol. The van der Waals surface area contributed by atoms with Crippen molar-refractivity contribution in [3.8, 4) is 0 Å². The van der Waals surface area contributed by atoms with E-state index < -0.39 is 5.91 Å². The van der Waals surface area contributed by atoms with Gasteiger partial charge in [0.1, 0.15) is 0 Å². The fraction of sp³-hybridized carbons (Fsp3) is 0.476. The minimum atomic E-state index is -0.513. The molecule has 3 N–H and O–H groups in total. The van der Waals surface area contributed by atoms with Gasteiger partial charge in [0.05, 0.1) is 22.6 Å². The van der Waals surface area contributed by atoms with Crippen LogP contribution in [0.15, 0.2) is 24.4 Å². The number of nitrogens with one attached hydrogen (secondary N) is 1. The number of amides is 2. The molecule has 1 saturated heterocycles. The third-order valence-corrected chi connectivity index (χ3v) is 5.29. The topological polar surface area (TPSA) is 93.2 Å². The van der Waals surface area contributed by atoms with Crippen molar-refractivity contribution < 1.29 is 9.59 Å². The minimum Gasteiger partial charge on any atom is -0.367 e. The molecule has 7 heteroatoms. The quantitative estimate of drug-likeness (QED) is 0.800. The van der Waals surface area contributed by atoms with Gasteiger partial charge in [0.25, 0.3) is 5.91 Å². The van der Waals surface area contributed by atoms with Crippen molar-refractivity contribution in [2.45, 2.75) is 59.0 Å². The average Bonchev–Trinajstić information content (AvgIpc) is 3.03. The molecule has 1 aromatic heterocycles. The van der Waals surface area contributed by atoms with Crippen molar-refractivity contribution in [1.82, 2.24) is 9.78 Å². The Morgan fingerprint density at radius 3 is 2.79 bits per heavy atom. The Morgan fingerprint density at radius 1 is 1.32 bits per heavy atom. The molecule has 28 heavy (non-hydrogen) atoms. The summed E-state index contributed by atoms with van der Waals surface area (Å²) in [5, 5.41) is 7.40. The standard InChI is InChI=1S/C21H29N5O2/c1-4-10-25-13-17(15(3)24-25)21(28)23-18-12-16(20(22)27)8-9-19(18)26-11-6-5-7-14(26)2/h8-9,12-14H,4-7,10-11H2,1-3H3,(H2,22,27)(H,23,28)/t14-/m0/s1. The van der Waals surface area contributed by atoms with Crippen LogP contribution in [0.5, 0.6) is 0 Å². The molecule has 2 aromatic rings. The van der Waals surface area contributed by atoms with Crippen LogP contribution in [0.25, 0.3) is 0 Å². The lowest BCUT2D eigenvalue weighted by Gasteiger charge is -2.36. The number of carbonyl (C=O) groups excluding carboxylic acids is 2. The molecular formula is C21H29N5O2. The van der Waals surface area contributed by atoms with Crippen LogP contribution in [0.4, 0.5) is 11.4 Å². The summed E-state index contributed by atoms with van der Waals surface area (Å²) in [4.78, 5) is 26.9. The summed E-state index contributed by atoms with van der Waals surface area (Å²) in [7, 11) is 0. The van der Waals surface area contributed by atoms with Gasteiger partial charge in [-0.25, -0.2) is 0 Å². The SMILES string of the molecule is CCCn1cc(C(=O)Nc2cc(C(N)=O)ccc2N2CCCC[C@@H]2C)c(C)n1. The molecule has 150 valence electrons. The van der Waals surface area contributed by atoms with Crippen LogP contribution in [0.2, 0.25) is 0 Å². The van der Waals surface area contributed by atoms with E-state index in [1.807, 2.05) is 13.0 Å². The molecule has 0 aliphatic carbocycles. The molecule has 0 saturated carbocycles. The average molecular weight is 383 g/mol. The van der Waals surface area contributed by atoms with Gasteiger partial charge in [-0.05, 0) is 57.7 Å². The molecule has 0 bridgehead atoms. The van der Waals surface area contributed by atoms with Crippen LogP contribution in [-0.2, 0) is 6.54 Å². The van der Waals surface area contributed by atoms with Crippen LogP contribution < -0.4 is 16.0 Å². The van der Waals surface area contributed by atoms with Crippen molar-refractivity contribution >= 4 is 23.2 Å². The molecule has 3 rings (SSSR count). The van der Waals surface area contributed by atoms with Crippen LogP contribution in [0.1, 0.15) is 65.9 Å². The predicted molar refractivity (Wildman–Crippen MR) is 111 cm³/mol. The summed E-state index contributed by atoms with van der Waals surface area (Å²) in [6.45, 7) is 7.77. The van der Waals surface area contributed by atoms with Crippen molar-refractivity contribution in [3.63, 3.8) is 0 Å². The van der Waals surface area contributed by atoms with E-state index in [9.17, 15) is 9.59 Å². The second-order valence-corrected chi connectivity index (χ2v) is 7.48. The molecule has 0 radical (unpaired) electrons. The maximum absolute atomic E-state index is 13.0. The second-order valence-electron chi connectivity index (χ2n) is 7.48. The van der Waals surface area contributed by atoms with Gasteiger partial charge in [0.15, 0.2) is 0 Å². The Labute approximate surface area is 165 Å². The van der Waals surface area contributed by atoms with Crippen LogP contribution in [0, 0.1) is 6.92 Å². The smallest absolute Gasteiger partial charge is 0.259 e. The van der Waals surface area contributed by atoms with E-state index in [0.717, 1.165) is 38.0 Å². The number of hydrogen-bond acceptors (Lipinski definition) is 4. The maximum atomic E-state index is 13.0. The molecule has 2 heterocycles. The van der Waals surface area contributed by atoms with E-state index in [0.29, 0.717) is 28.6 Å². The zero-order valence-corrected chi connectivity index (χ0v) is 16.9. The Morgan fingerprint density at radius 2 is 2.11 bits per heavy atom. The molecule has 0 unspecified atom stereocenters. The van der Waals surface area contributed by atoms with E-state index in [2.05, 4.69) is 29.2 Å². The Balaban J connectivity index is 1.93.